The van der Waals surface area contributed by atoms with Crippen molar-refractivity contribution >= 4 is 17.3 Å². The molecule has 0 saturated heterocycles. The van der Waals surface area contributed by atoms with Gasteiger partial charge in [-0.25, -0.2) is 0 Å². The molecule has 1 aromatic heterocycles. The van der Waals surface area contributed by atoms with E-state index in [9.17, 15) is 0 Å². The molecule has 0 fully saturated rings. The van der Waals surface area contributed by atoms with Gasteiger partial charge in [-0.2, -0.15) is 0 Å². The minimum absolute atomic E-state index is 0.692. The Morgan fingerprint density at radius 2 is 1.75 bits per heavy atom. The Balaban J connectivity index is 2.38. The second-order valence-corrected chi connectivity index (χ2v) is 4.38. The Hall–Kier alpha value is -1.41. The molecule has 0 saturated carbocycles. The smallest absolute Gasteiger partial charge is 0.152 e. The van der Waals surface area contributed by atoms with Crippen LogP contribution < -0.4 is 4.90 Å². The fraction of sp³-hybridized carbons (Fsp3) is 0.231. The van der Waals surface area contributed by atoms with Crippen molar-refractivity contribution < 1.29 is 4.42 Å². The number of halogens is 1. The number of hydrogen-bond acceptors (Lipinski definition) is 2. The number of nitrogens with zero attached hydrogens (tertiary/aromatic N) is 1. The first kappa shape index (κ1) is 11.1. The Labute approximate surface area is 100 Å². The first-order valence-electron chi connectivity index (χ1n) is 5.11. The van der Waals surface area contributed by atoms with E-state index in [1.807, 2.05) is 45.3 Å². The van der Waals surface area contributed by atoms with Crippen LogP contribution in [0.2, 0.25) is 5.02 Å². The Morgan fingerprint density at radius 3 is 2.19 bits per heavy atom. The number of benzene rings is 1. The highest BCUT2D eigenvalue weighted by Crippen LogP contribution is 2.32. The Morgan fingerprint density at radius 1 is 1.12 bits per heavy atom. The van der Waals surface area contributed by atoms with E-state index in [1.54, 1.807) is 6.26 Å². The second kappa shape index (κ2) is 4.22. The third-order valence-electron chi connectivity index (χ3n) is 2.55. The van der Waals surface area contributed by atoms with Gasteiger partial charge < -0.3 is 9.32 Å². The lowest BCUT2D eigenvalue weighted by Crippen LogP contribution is -2.07. The number of aryl methyl sites for hydroxylation is 1. The molecule has 0 radical (unpaired) electrons. The van der Waals surface area contributed by atoms with Crippen molar-refractivity contribution in [2.75, 3.05) is 19.0 Å². The van der Waals surface area contributed by atoms with E-state index in [0.717, 1.165) is 22.6 Å². The lowest BCUT2D eigenvalue weighted by molar-refractivity contribution is 0.580. The predicted molar refractivity (Wildman–Crippen MR) is 68.2 cm³/mol. The maximum Gasteiger partial charge on any atom is 0.152 e. The van der Waals surface area contributed by atoms with Crippen LogP contribution in [-0.2, 0) is 0 Å². The summed E-state index contributed by atoms with van der Waals surface area (Å²) in [6.07, 6.45) is 1.68. The molecule has 0 spiro atoms. The van der Waals surface area contributed by atoms with Crippen molar-refractivity contribution in [3.8, 4) is 11.3 Å². The van der Waals surface area contributed by atoms with Crippen LogP contribution in [0.25, 0.3) is 11.3 Å². The first-order valence-corrected chi connectivity index (χ1v) is 5.48. The fourth-order valence-electron chi connectivity index (χ4n) is 1.54. The van der Waals surface area contributed by atoms with Gasteiger partial charge in [-0.3, -0.25) is 0 Å². The summed E-state index contributed by atoms with van der Waals surface area (Å²) in [4.78, 5) is 2.05. The summed E-state index contributed by atoms with van der Waals surface area (Å²) in [6, 6.07) is 8.12. The van der Waals surface area contributed by atoms with Gasteiger partial charge in [-0.05, 0) is 31.2 Å². The molecule has 2 rings (SSSR count). The molecule has 0 unspecified atom stereocenters. The summed E-state index contributed by atoms with van der Waals surface area (Å²) >= 11 is 6.14. The molecule has 1 heterocycles. The minimum atomic E-state index is 0.692. The second-order valence-electron chi connectivity index (χ2n) is 4.00. The van der Waals surface area contributed by atoms with Gasteiger partial charge in [-0.1, -0.05) is 11.6 Å². The van der Waals surface area contributed by atoms with Gasteiger partial charge >= 0.3 is 0 Å². The normalized spacial score (nSPS) is 10.5. The first-order chi connectivity index (χ1) is 7.59. The van der Waals surface area contributed by atoms with Crippen molar-refractivity contribution in [3.05, 3.63) is 41.1 Å². The van der Waals surface area contributed by atoms with Gasteiger partial charge in [0.1, 0.15) is 0 Å². The maximum absolute atomic E-state index is 6.14. The quantitative estimate of drug-likeness (QED) is 0.783. The van der Waals surface area contributed by atoms with Crippen molar-refractivity contribution in [2.24, 2.45) is 0 Å². The third-order valence-corrected chi connectivity index (χ3v) is 3.01. The molecule has 0 atom stereocenters. The standard InChI is InChI=1S/C13H14ClNO/c1-9-8-16-13(12(9)14)10-4-6-11(7-5-10)15(2)3/h4-8H,1-3H3. The van der Waals surface area contributed by atoms with Crippen LogP contribution in [0.4, 0.5) is 5.69 Å². The highest BCUT2D eigenvalue weighted by Gasteiger charge is 2.10. The van der Waals surface area contributed by atoms with Crippen molar-refractivity contribution in [3.63, 3.8) is 0 Å². The van der Waals surface area contributed by atoms with Crippen LogP contribution in [0.5, 0.6) is 0 Å². The Kier molecular flexibility index (Phi) is 2.92. The molecule has 0 aliphatic heterocycles. The summed E-state index contributed by atoms with van der Waals surface area (Å²) in [6.45, 7) is 1.93. The largest absolute Gasteiger partial charge is 0.462 e. The predicted octanol–water partition coefficient (Wildman–Crippen LogP) is 3.97. The van der Waals surface area contributed by atoms with E-state index in [0.29, 0.717) is 5.02 Å². The van der Waals surface area contributed by atoms with E-state index in [4.69, 9.17) is 16.0 Å². The van der Waals surface area contributed by atoms with Crippen LogP contribution in [0, 0.1) is 6.92 Å². The molecule has 3 heteroatoms. The van der Waals surface area contributed by atoms with Crippen LogP contribution in [-0.4, -0.2) is 14.1 Å². The molecule has 0 amide bonds. The zero-order valence-corrected chi connectivity index (χ0v) is 10.4. The summed E-state index contributed by atoms with van der Waals surface area (Å²) < 4.78 is 5.44. The van der Waals surface area contributed by atoms with Crippen LogP contribution in [0.1, 0.15) is 5.56 Å². The molecular formula is C13H14ClNO. The average Bonchev–Trinajstić information content (AvgIpc) is 2.60. The molecular weight excluding hydrogens is 222 g/mol. The molecule has 0 bridgehead atoms. The van der Waals surface area contributed by atoms with E-state index >= 15 is 0 Å². The molecule has 84 valence electrons. The number of anilines is 1. The SMILES string of the molecule is Cc1coc(-c2ccc(N(C)C)cc2)c1Cl. The lowest BCUT2D eigenvalue weighted by atomic mass is 10.1. The molecule has 0 N–H and O–H groups in total. The third kappa shape index (κ3) is 1.93. The van der Waals surface area contributed by atoms with Gasteiger partial charge in [0.2, 0.25) is 0 Å². The topological polar surface area (TPSA) is 16.4 Å². The summed E-state index contributed by atoms with van der Waals surface area (Å²) in [5.41, 5.74) is 3.13. The minimum Gasteiger partial charge on any atom is -0.462 e. The van der Waals surface area contributed by atoms with Gasteiger partial charge in [-0.15, -0.1) is 0 Å². The van der Waals surface area contributed by atoms with E-state index < -0.39 is 0 Å². The molecule has 16 heavy (non-hydrogen) atoms. The van der Waals surface area contributed by atoms with Crippen LogP contribution in [0.15, 0.2) is 34.9 Å². The van der Waals surface area contributed by atoms with Gasteiger partial charge in [0.15, 0.2) is 5.76 Å². The fourth-order valence-corrected chi connectivity index (χ4v) is 1.73. The number of hydrogen-bond donors (Lipinski definition) is 0. The summed E-state index contributed by atoms with van der Waals surface area (Å²) in [7, 11) is 4.03. The summed E-state index contributed by atoms with van der Waals surface area (Å²) in [5, 5.41) is 0.692. The Bertz CT molecular complexity index is 485. The monoisotopic (exact) mass is 235 g/mol. The zero-order valence-electron chi connectivity index (χ0n) is 9.62. The molecule has 2 aromatic rings. The molecule has 0 aliphatic carbocycles. The highest BCUT2D eigenvalue weighted by molar-refractivity contribution is 6.33. The zero-order chi connectivity index (χ0) is 11.7. The van der Waals surface area contributed by atoms with Gasteiger partial charge in [0.25, 0.3) is 0 Å². The van der Waals surface area contributed by atoms with Crippen LogP contribution in [0.3, 0.4) is 0 Å². The molecule has 0 aliphatic rings. The average molecular weight is 236 g/mol. The number of rotatable bonds is 2. The van der Waals surface area contributed by atoms with E-state index in [2.05, 4.69) is 4.90 Å². The van der Waals surface area contributed by atoms with Crippen molar-refractivity contribution in [2.45, 2.75) is 6.92 Å². The van der Waals surface area contributed by atoms with E-state index in [-0.39, 0.29) is 0 Å². The number of furan rings is 1. The molecule has 2 nitrogen and oxygen atoms in total. The summed E-state index contributed by atoms with van der Waals surface area (Å²) in [5.74, 6) is 0.740. The lowest BCUT2D eigenvalue weighted by Gasteiger charge is -2.12. The molecule has 1 aromatic carbocycles. The van der Waals surface area contributed by atoms with Gasteiger partial charge in [0, 0.05) is 30.9 Å². The highest BCUT2D eigenvalue weighted by atomic mass is 35.5. The van der Waals surface area contributed by atoms with Crippen molar-refractivity contribution in [1.82, 2.24) is 0 Å². The van der Waals surface area contributed by atoms with Crippen molar-refractivity contribution in [1.29, 1.82) is 0 Å². The van der Waals surface area contributed by atoms with E-state index in [1.165, 1.54) is 0 Å². The maximum atomic E-state index is 6.14. The van der Waals surface area contributed by atoms with Gasteiger partial charge in [0.05, 0.1) is 11.3 Å². The van der Waals surface area contributed by atoms with Crippen LogP contribution >= 0.6 is 11.6 Å².